The Hall–Kier alpha value is -0.670. The highest BCUT2D eigenvalue weighted by atomic mass is 32.2. The lowest BCUT2D eigenvalue weighted by atomic mass is 9.77. The largest absolute Gasteiger partial charge is 0.492 e. The summed E-state index contributed by atoms with van der Waals surface area (Å²) in [6.07, 6.45) is 6.62. The summed E-state index contributed by atoms with van der Waals surface area (Å²) >= 11 is 2.11. The summed E-state index contributed by atoms with van der Waals surface area (Å²) in [7, 11) is 2.29. The highest BCUT2D eigenvalue weighted by Gasteiger charge is 2.40. The number of likely N-dealkylation sites (tertiary alicyclic amines) is 1. The predicted molar refractivity (Wildman–Crippen MR) is 98.9 cm³/mol. The molecular weight excluding hydrogens is 302 g/mol. The first-order valence-electron chi connectivity index (χ1n) is 9.21. The molecule has 0 spiro atoms. The van der Waals surface area contributed by atoms with Crippen molar-refractivity contribution in [3.63, 3.8) is 0 Å². The van der Waals surface area contributed by atoms with E-state index in [4.69, 9.17) is 4.74 Å². The van der Waals surface area contributed by atoms with Crippen molar-refractivity contribution in [2.24, 2.45) is 0 Å². The molecule has 126 valence electrons. The van der Waals surface area contributed by atoms with E-state index in [-0.39, 0.29) is 5.41 Å². The van der Waals surface area contributed by atoms with Gasteiger partial charge in [0.2, 0.25) is 0 Å². The van der Waals surface area contributed by atoms with E-state index in [2.05, 4.69) is 48.8 Å². The number of rotatable bonds is 3. The molecule has 3 aliphatic heterocycles. The SMILES string of the molecule is CN1CCC[C@@H]1CC1(C)COc2ccc(C3CCSCC3)cc21. The maximum Gasteiger partial charge on any atom is 0.123 e. The van der Waals surface area contributed by atoms with E-state index in [1.54, 1.807) is 5.56 Å². The smallest absolute Gasteiger partial charge is 0.123 e. The molecule has 3 heteroatoms. The molecule has 0 aromatic heterocycles. The topological polar surface area (TPSA) is 12.5 Å². The zero-order valence-electron chi connectivity index (χ0n) is 14.5. The fourth-order valence-electron chi connectivity index (χ4n) is 4.67. The minimum atomic E-state index is 0.192. The quantitative estimate of drug-likeness (QED) is 0.813. The van der Waals surface area contributed by atoms with Crippen LogP contribution in [0.5, 0.6) is 5.75 Å². The van der Waals surface area contributed by atoms with Crippen LogP contribution in [-0.2, 0) is 5.41 Å². The predicted octanol–water partition coefficient (Wildman–Crippen LogP) is 4.43. The molecule has 4 rings (SSSR count). The monoisotopic (exact) mass is 331 g/mol. The summed E-state index contributed by atoms with van der Waals surface area (Å²) in [5, 5.41) is 0. The minimum absolute atomic E-state index is 0.192. The Balaban J connectivity index is 1.58. The third kappa shape index (κ3) is 3.02. The van der Waals surface area contributed by atoms with Gasteiger partial charge in [-0.05, 0) is 74.7 Å². The van der Waals surface area contributed by atoms with Crippen LogP contribution in [0.1, 0.15) is 56.1 Å². The average molecular weight is 332 g/mol. The Labute approximate surface area is 145 Å². The summed E-state index contributed by atoms with van der Waals surface area (Å²) in [5.74, 6) is 4.55. The molecule has 2 atom stereocenters. The van der Waals surface area contributed by atoms with Crippen LogP contribution < -0.4 is 4.74 Å². The van der Waals surface area contributed by atoms with Gasteiger partial charge in [-0.15, -0.1) is 0 Å². The second-order valence-electron chi connectivity index (χ2n) is 7.97. The molecule has 0 aliphatic carbocycles. The molecule has 23 heavy (non-hydrogen) atoms. The second kappa shape index (κ2) is 6.33. The van der Waals surface area contributed by atoms with E-state index in [9.17, 15) is 0 Å². The van der Waals surface area contributed by atoms with Gasteiger partial charge in [-0.25, -0.2) is 0 Å². The Bertz CT molecular complexity index is 569. The molecule has 1 aromatic rings. The lowest BCUT2D eigenvalue weighted by Crippen LogP contribution is -2.35. The van der Waals surface area contributed by atoms with Gasteiger partial charge in [0.1, 0.15) is 5.75 Å². The van der Waals surface area contributed by atoms with Crippen molar-refractivity contribution in [3.8, 4) is 5.75 Å². The summed E-state index contributed by atoms with van der Waals surface area (Å²) in [4.78, 5) is 2.55. The van der Waals surface area contributed by atoms with Crippen LogP contribution >= 0.6 is 11.8 Å². The highest BCUT2D eigenvalue weighted by molar-refractivity contribution is 7.99. The number of ether oxygens (including phenoxy) is 1. The van der Waals surface area contributed by atoms with Crippen LogP contribution in [0.25, 0.3) is 0 Å². The van der Waals surface area contributed by atoms with Crippen LogP contribution in [0.3, 0.4) is 0 Å². The molecule has 1 unspecified atom stereocenters. The lowest BCUT2D eigenvalue weighted by Gasteiger charge is -2.30. The van der Waals surface area contributed by atoms with E-state index in [1.807, 2.05) is 0 Å². The fraction of sp³-hybridized carbons (Fsp3) is 0.700. The first-order valence-corrected chi connectivity index (χ1v) is 10.4. The van der Waals surface area contributed by atoms with Crippen molar-refractivity contribution < 1.29 is 4.74 Å². The Morgan fingerprint density at radius 2 is 2.09 bits per heavy atom. The molecule has 2 fully saturated rings. The molecule has 0 saturated carbocycles. The van der Waals surface area contributed by atoms with E-state index >= 15 is 0 Å². The maximum absolute atomic E-state index is 6.08. The van der Waals surface area contributed by atoms with Gasteiger partial charge in [0, 0.05) is 17.0 Å². The van der Waals surface area contributed by atoms with Gasteiger partial charge in [0.05, 0.1) is 6.61 Å². The molecule has 1 aromatic carbocycles. The fourth-order valence-corrected chi connectivity index (χ4v) is 5.78. The normalized spacial score (nSPS) is 32.0. The van der Waals surface area contributed by atoms with Gasteiger partial charge in [-0.1, -0.05) is 19.1 Å². The first-order chi connectivity index (χ1) is 11.2. The Kier molecular flexibility index (Phi) is 4.36. The maximum atomic E-state index is 6.08. The summed E-state index contributed by atoms with van der Waals surface area (Å²) in [6.45, 7) is 4.54. The van der Waals surface area contributed by atoms with E-state index in [0.29, 0.717) is 0 Å². The zero-order chi connectivity index (χ0) is 15.9. The third-order valence-corrected chi connectivity index (χ3v) is 7.30. The van der Waals surface area contributed by atoms with E-state index in [0.717, 1.165) is 24.3 Å². The van der Waals surface area contributed by atoms with Crippen molar-refractivity contribution in [2.75, 3.05) is 31.7 Å². The molecule has 2 nitrogen and oxygen atoms in total. The number of fused-ring (bicyclic) bond motifs is 1. The minimum Gasteiger partial charge on any atom is -0.492 e. The van der Waals surface area contributed by atoms with Gasteiger partial charge in [0.15, 0.2) is 0 Å². The number of hydrogen-bond donors (Lipinski definition) is 0. The lowest BCUT2D eigenvalue weighted by molar-refractivity contribution is 0.208. The van der Waals surface area contributed by atoms with Crippen molar-refractivity contribution in [2.45, 2.75) is 56.4 Å². The van der Waals surface area contributed by atoms with Crippen molar-refractivity contribution in [3.05, 3.63) is 29.3 Å². The second-order valence-corrected chi connectivity index (χ2v) is 9.20. The van der Waals surface area contributed by atoms with Gasteiger partial charge < -0.3 is 9.64 Å². The molecule has 2 saturated heterocycles. The summed E-state index contributed by atoms with van der Waals surface area (Å²) in [5.41, 5.74) is 3.23. The number of nitrogens with zero attached hydrogens (tertiary/aromatic N) is 1. The number of thioether (sulfide) groups is 1. The van der Waals surface area contributed by atoms with Crippen LogP contribution in [0.15, 0.2) is 18.2 Å². The molecule has 0 N–H and O–H groups in total. The molecule has 0 amide bonds. The molecular formula is C20H29NOS. The van der Waals surface area contributed by atoms with Crippen molar-refractivity contribution in [1.82, 2.24) is 4.90 Å². The number of hydrogen-bond acceptors (Lipinski definition) is 3. The standard InChI is InChI=1S/C20H29NOS/c1-20(13-17-4-3-9-21(17)2)14-22-19-6-5-16(12-18(19)20)15-7-10-23-11-8-15/h5-6,12,15,17H,3-4,7-11,13-14H2,1-2H3/t17-,20?/m1/s1. The number of benzene rings is 1. The first kappa shape index (κ1) is 15.8. The summed E-state index contributed by atoms with van der Waals surface area (Å²) < 4.78 is 6.08. The highest BCUT2D eigenvalue weighted by Crippen LogP contribution is 2.45. The summed E-state index contributed by atoms with van der Waals surface area (Å²) in [6, 6.07) is 7.80. The molecule has 3 heterocycles. The van der Waals surface area contributed by atoms with E-state index in [1.165, 1.54) is 55.7 Å². The molecule has 3 aliphatic rings. The zero-order valence-corrected chi connectivity index (χ0v) is 15.3. The van der Waals surface area contributed by atoms with Crippen LogP contribution in [0.4, 0.5) is 0 Å². The Morgan fingerprint density at radius 3 is 2.83 bits per heavy atom. The third-order valence-electron chi connectivity index (χ3n) is 6.25. The van der Waals surface area contributed by atoms with Gasteiger partial charge in [0.25, 0.3) is 0 Å². The van der Waals surface area contributed by atoms with Crippen LogP contribution in [-0.4, -0.2) is 42.6 Å². The van der Waals surface area contributed by atoms with Crippen molar-refractivity contribution >= 4 is 11.8 Å². The van der Waals surface area contributed by atoms with Crippen LogP contribution in [0.2, 0.25) is 0 Å². The van der Waals surface area contributed by atoms with Gasteiger partial charge >= 0.3 is 0 Å². The molecule has 0 radical (unpaired) electrons. The van der Waals surface area contributed by atoms with Crippen molar-refractivity contribution in [1.29, 1.82) is 0 Å². The van der Waals surface area contributed by atoms with Gasteiger partial charge in [-0.3, -0.25) is 0 Å². The Morgan fingerprint density at radius 1 is 1.26 bits per heavy atom. The molecule has 0 bridgehead atoms. The average Bonchev–Trinajstić information content (AvgIpc) is 3.12. The van der Waals surface area contributed by atoms with Crippen LogP contribution in [0, 0.1) is 0 Å². The van der Waals surface area contributed by atoms with E-state index < -0.39 is 0 Å². The van der Waals surface area contributed by atoms with Gasteiger partial charge in [-0.2, -0.15) is 11.8 Å².